The van der Waals surface area contributed by atoms with E-state index in [1.54, 1.807) is 0 Å². The molecule has 5 aromatic rings. The normalized spacial score (nSPS) is 13.0. The van der Waals surface area contributed by atoms with E-state index in [0.29, 0.717) is 0 Å². The molecule has 7 rings (SSSR count). The van der Waals surface area contributed by atoms with E-state index in [1.807, 2.05) is 30.3 Å². The summed E-state index contributed by atoms with van der Waals surface area (Å²) in [7, 11) is 0. The molecule has 4 aromatic carbocycles. The zero-order valence-electron chi connectivity index (χ0n) is 15.4. The van der Waals surface area contributed by atoms with Crippen LogP contribution < -0.4 is 21.1 Å². The van der Waals surface area contributed by atoms with Crippen molar-refractivity contribution in [2.45, 2.75) is 0 Å². The molecule has 0 unspecified atom stereocenters. The summed E-state index contributed by atoms with van der Waals surface area (Å²) in [5.74, 6) is 1.75. The Morgan fingerprint density at radius 2 is 1.62 bits per heavy atom. The summed E-state index contributed by atoms with van der Waals surface area (Å²) in [6.45, 7) is -0.0127. The molecule has 0 saturated carbocycles. The fourth-order valence-corrected chi connectivity index (χ4v) is 5.22. The Labute approximate surface area is 167 Å². The highest BCUT2D eigenvalue weighted by Gasteiger charge is 2.41. The van der Waals surface area contributed by atoms with Crippen LogP contribution in [-0.2, 0) is 0 Å². The Balaban J connectivity index is 1.78. The Bertz CT molecular complexity index is 1560. The van der Waals surface area contributed by atoms with Gasteiger partial charge >= 0.3 is 0 Å². The smallest absolute Gasteiger partial charge is 0.258 e. The number of fused-ring (bicyclic) bond motifs is 8. The van der Waals surface area contributed by atoms with Gasteiger partial charge in [-0.3, -0.25) is 0 Å². The van der Waals surface area contributed by atoms with Crippen LogP contribution in [-0.4, -0.2) is 11.3 Å². The van der Waals surface area contributed by atoms with E-state index in [9.17, 15) is 5.26 Å². The van der Waals surface area contributed by atoms with E-state index < -0.39 is 0 Å². The molecule has 132 valence electrons. The lowest BCUT2D eigenvalue weighted by molar-refractivity contribution is 0.488. The number of hydrogen-bond donors (Lipinski definition) is 0. The summed E-state index contributed by atoms with van der Waals surface area (Å²) >= 11 is 0. The van der Waals surface area contributed by atoms with Crippen molar-refractivity contribution in [2.75, 3.05) is 0 Å². The minimum Gasteiger partial charge on any atom is -0.458 e. The molecular formula is C25H13BN2O. The second-order valence-electron chi connectivity index (χ2n) is 7.65. The predicted octanol–water partition coefficient (Wildman–Crippen LogP) is 3.59. The van der Waals surface area contributed by atoms with Gasteiger partial charge < -0.3 is 9.30 Å². The van der Waals surface area contributed by atoms with E-state index >= 15 is 0 Å². The van der Waals surface area contributed by atoms with Crippen molar-refractivity contribution in [1.29, 1.82) is 5.26 Å². The van der Waals surface area contributed by atoms with E-state index in [1.165, 1.54) is 16.3 Å². The van der Waals surface area contributed by atoms with Crippen molar-refractivity contribution in [1.82, 2.24) is 4.57 Å². The molecule has 2 aliphatic heterocycles. The SMILES string of the molecule is N#Cc1cccc2c1B1c3ccccc3Oc3ccc4c5ccccc5n-2c4c31. The van der Waals surface area contributed by atoms with Crippen LogP contribution in [0.2, 0.25) is 0 Å². The van der Waals surface area contributed by atoms with Crippen molar-refractivity contribution in [3.8, 4) is 23.3 Å². The predicted molar refractivity (Wildman–Crippen MR) is 117 cm³/mol. The Kier molecular flexibility index (Phi) is 2.64. The van der Waals surface area contributed by atoms with Crippen molar-refractivity contribution in [3.63, 3.8) is 0 Å². The van der Waals surface area contributed by atoms with Crippen LogP contribution in [0, 0.1) is 11.3 Å². The number of para-hydroxylation sites is 2. The highest BCUT2D eigenvalue weighted by atomic mass is 16.5. The number of nitriles is 1. The summed E-state index contributed by atoms with van der Waals surface area (Å²) in [5, 5.41) is 12.4. The molecule has 1 aromatic heterocycles. The molecule has 0 aliphatic carbocycles. The molecule has 0 radical (unpaired) electrons. The molecule has 4 heteroatoms. The number of nitrogens with zero attached hydrogens (tertiary/aromatic N) is 2. The lowest BCUT2D eigenvalue weighted by atomic mass is 9.34. The molecule has 0 spiro atoms. The van der Waals surface area contributed by atoms with Crippen LogP contribution in [0.1, 0.15) is 5.56 Å². The van der Waals surface area contributed by atoms with Gasteiger partial charge in [-0.2, -0.15) is 5.26 Å². The third kappa shape index (κ3) is 1.69. The first-order chi connectivity index (χ1) is 14.4. The minimum atomic E-state index is -0.0127. The zero-order valence-corrected chi connectivity index (χ0v) is 15.4. The molecule has 2 aliphatic rings. The molecule has 0 N–H and O–H groups in total. The number of ether oxygens (including phenoxy) is 1. The molecule has 3 heterocycles. The van der Waals surface area contributed by atoms with Crippen LogP contribution in [0.25, 0.3) is 27.5 Å². The topological polar surface area (TPSA) is 37.9 Å². The minimum absolute atomic E-state index is 0.0127. The van der Waals surface area contributed by atoms with Crippen molar-refractivity contribution >= 4 is 44.9 Å². The van der Waals surface area contributed by atoms with Gasteiger partial charge in [0.1, 0.15) is 11.5 Å². The van der Waals surface area contributed by atoms with E-state index in [-0.39, 0.29) is 6.71 Å². The van der Waals surface area contributed by atoms with Crippen LogP contribution in [0.15, 0.2) is 78.9 Å². The van der Waals surface area contributed by atoms with Crippen LogP contribution >= 0.6 is 0 Å². The van der Waals surface area contributed by atoms with Crippen LogP contribution in [0.3, 0.4) is 0 Å². The molecule has 0 bridgehead atoms. The summed E-state index contributed by atoms with van der Waals surface area (Å²) in [4.78, 5) is 0. The van der Waals surface area contributed by atoms with Gasteiger partial charge in [-0.05, 0) is 52.8 Å². The second-order valence-corrected chi connectivity index (χ2v) is 7.65. The molecule has 29 heavy (non-hydrogen) atoms. The van der Waals surface area contributed by atoms with Gasteiger partial charge in [0.15, 0.2) is 0 Å². The third-order valence-electron chi connectivity index (χ3n) is 6.31. The summed E-state index contributed by atoms with van der Waals surface area (Å²) < 4.78 is 8.65. The van der Waals surface area contributed by atoms with Crippen molar-refractivity contribution in [3.05, 3.63) is 84.4 Å². The first kappa shape index (κ1) is 15.0. The maximum Gasteiger partial charge on any atom is 0.258 e. The maximum absolute atomic E-state index is 9.96. The standard InChI is InChI=1S/C25H13BN2O/c27-14-15-6-5-10-20-23(15)26-18-8-2-4-11-21(18)29-22-13-12-17-16-7-1-3-9-19(16)28(20)25(17)24(22)26/h1-13H. The zero-order chi connectivity index (χ0) is 19.1. The largest absolute Gasteiger partial charge is 0.458 e. The van der Waals surface area contributed by atoms with Gasteiger partial charge in [0.25, 0.3) is 6.71 Å². The lowest BCUT2D eigenvalue weighted by Gasteiger charge is -2.33. The first-order valence-electron chi connectivity index (χ1n) is 9.73. The monoisotopic (exact) mass is 368 g/mol. The van der Waals surface area contributed by atoms with E-state index in [4.69, 9.17) is 4.74 Å². The van der Waals surface area contributed by atoms with E-state index in [0.717, 1.165) is 44.7 Å². The maximum atomic E-state index is 9.96. The molecule has 3 nitrogen and oxygen atoms in total. The van der Waals surface area contributed by atoms with Crippen molar-refractivity contribution < 1.29 is 4.74 Å². The average Bonchev–Trinajstić information content (AvgIpc) is 3.12. The van der Waals surface area contributed by atoms with E-state index in [2.05, 4.69) is 59.2 Å². The Morgan fingerprint density at radius 1 is 0.759 bits per heavy atom. The number of aromatic nitrogens is 1. The summed E-state index contributed by atoms with van der Waals surface area (Å²) in [5.41, 5.74) is 7.49. The third-order valence-corrected chi connectivity index (χ3v) is 6.31. The van der Waals surface area contributed by atoms with Gasteiger partial charge in [-0.25, -0.2) is 0 Å². The Hall–Kier alpha value is -3.97. The lowest BCUT2D eigenvalue weighted by Crippen LogP contribution is -2.59. The molecular weight excluding hydrogens is 355 g/mol. The molecule has 0 saturated heterocycles. The quantitative estimate of drug-likeness (QED) is 0.384. The summed E-state index contributed by atoms with van der Waals surface area (Å²) in [6, 6.07) is 29.4. The van der Waals surface area contributed by atoms with Gasteiger partial charge in [-0.1, -0.05) is 42.5 Å². The fraction of sp³-hybridized carbons (Fsp3) is 0. The van der Waals surface area contributed by atoms with Gasteiger partial charge in [0.05, 0.1) is 17.1 Å². The Morgan fingerprint density at radius 3 is 2.55 bits per heavy atom. The highest BCUT2D eigenvalue weighted by Crippen LogP contribution is 2.38. The fourth-order valence-electron chi connectivity index (χ4n) is 5.22. The molecule has 0 amide bonds. The average molecular weight is 368 g/mol. The first-order valence-corrected chi connectivity index (χ1v) is 9.73. The number of hydrogen-bond acceptors (Lipinski definition) is 2. The number of rotatable bonds is 0. The van der Waals surface area contributed by atoms with Gasteiger partial charge in [-0.15, -0.1) is 0 Å². The molecule has 0 atom stereocenters. The number of benzene rings is 4. The second kappa shape index (κ2) is 5.09. The van der Waals surface area contributed by atoms with Gasteiger partial charge in [0.2, 0.25) is 0 Å². The molecule has 0 fully saturated rings. The highest BCUT2D eigenvalue weighted by molar-refractivity contribution is 6.99. The van der Waals surface area contributed by atoms with Gasteiger partial charge in [0, 0.05) is 22.0 Å². The van der Waals surface area contributed by atoms with Crippen LogP contribution in [0.5, 0.6) is 11.5 Å². The van der Waals surface area contributed by atoms with Crippen molar-refractivity contribution in [2.24, 2.45) is 0 Å². The van der Waals surface area contributed by atoms with Crippen LogP contribution in [0.4, 0.5) is 0 Å². The summed E-state index contributed by atoms with van der Waals surface area (Å²) in [6.07, 6.45) is 0.